The molecule has 3 N–H and O–H groups in total. The van der Waals surface area contributed by atoms with Crippen LogP contribution >= 0.6 is 27.3 Å². The number of nitrogens with one attached hydrogen (secondary N) is 1. The van der Waals surface area contributed by atoms with Gasteiger partial charge in [-0.1, -0.05) is 0 Å². The Kier molecular flexibility index (Phi) is 3.42. The number of rotatable bonds is 3. The molecule has 0 saturated carbocycles. The molecule has 0 unspecified atom stereocenters. The van der Waals surface area contributed by atoms with Gasteiger partial charge >= 0.3 is 0 Å². The van der Waals surface area contributed by atoms with Gasteiger partial charge in [-0.05, 0) is 28.1 Å². The molecule has 0 saturated heterocycles. The summed E-state index contributed by atoms with van der Waals surface area (Å²) in [5.41, 5.74) is 8.04. The van der Waals surface area contributed by atoms with Crippen LogP contribution in [0.5, 0.6) is 0 Å². The van der Waals surface area contributed by atoms with Crippen molar-refractivity contribution in [1.82, 2.24) is 15.1 Å². The van der Waals surface area contributed by atoms with Gasteiger partial charge in [-0.15, -0.1) is 11.3 Å². The van der Waals surface area contributed by atoms with Gasteiger partial charge in [-0.2, -0.15) is 5.10 Å². The molecule has 1 aliphatic rings. The molecule has 0 fully saturated rings. The summed E-state index contributed by atoms with van der Waals surface area (Å²) in [4.78, 5) is 15.2. The highest BCUT2D eigenvalue weighted by Crippen LogP contribution is 2.24. The highest BCUT2D eigenvalue weighted by atomic mass is 79.9. The molecule has 2 aromatic heterocycles. The second kappa shape index (κ2) is 5.07. The molecule has 5 nitrogen and oxygen atoms in total. The van der Waals surface area contributed by atoms with Gasteiger partial charge in [0, 0.05) is 29.6 Å². The highest BCUT2D eigenvalue weighted by molar-refractivity contribution is 9.11. The molecule has 0 radical (unpaired) electrons. The molecular formula is C12H13BrN4OS. The lowest BCUT2D eigenvalue weighted by Gasteiger charge is -2.19. The molecular weight excluding hydrogens is 328 g/mol. The van der Waals surface area contributed by atoms with Gasteiger partial charge in [-0.3, -0.25) is 9.89 Å². The Bertz CT molecular complexity index is 588. The third-order valence-electron chi connectivity index (χ3n) is 3.19. The van der Waals surface area contributed by atoms with Crippen molar-refractivity contribution in [3.8, 4) is 0 Å². The Morgan fingerprint density at radius 2 is 2.42 bits per heavy atom. The van der Waals surface area contributed by atoms with E-state index in [-0.39, 0.29) is 5.91 Å². The number of H-pyrrole nitrogens is 1. The topological polar surface area (TPSA) is 75.0 Å². The number of aromatic amines is 1. The maximum absolute atomic E-state index is 12.3. The lowest BCUT2D eigenvalue weighted by molar-refractivity contribution is -0.133. The predicted molar refractivity (Wildman–Crippen MR) is 76.5 cm³/mol. The van der Waals surface area contributed by atoms with Crippen LogP contribution in [0.25, 0.3) is 0 Å². The zero-order chi connectivity index (χ0) is 13.4. The second-order valence-corrected chi connectivity index (χ2v) is 7.12. The minimum Gasteiger partial charge on any atom is -0.331 e. The van der Waals surface area contributed by atoms with Gasteiger partial charge in [0.25, 0.3) is 0 Å². The van der Waals surface area contributed by atoms with Crippen LogP contribution in [0.15, 0.2) is 22.1 Å². The van der Waals surface area contributed by atoms with Gasteiger partial charge in [0.05, 0.1) is 22.1 Å². The number of hydrogen-bond acceptors (Lipinski definition) is 4. The quantitative estimate of drug-likeness (QED) is 0.891. The van der Waals surface area contributed by atoms with Gasteiger partial charge < -0.3 is 10.6 Å². The molecule has 0 aromatic carbocycles. The van der Waals surface area contributed by atoms with Gasteiger partial charge in [0.1, 0.15) is 0 Å². The number of carbonyl (C=O) groups is 1. The molecule has 3 rings (SSSR count). The standard InChI is InChI=1S/C12H13BrN4OS/c13-11-2-1-8(19-11)3-9(14)12(18)17-5-7-4-15-16-10(7)6-17/h1-2,4,9H,3,5-6,14H2,(H,15,16)/t9-/m1/s1. The van der Waals surface area contributed by atoms with Crippen molar-refractivity contribution in [3.63, 3.8) is 0 Å². The van der Waals surface area contributed by atoms with Gasteiger partial charge in [0.15, 0.2) is 0 Å². The third kappa shape index (κ3) is 2.58. The number of halogens is 1. The summed E-state index contributed by atoms with van der Waals surface area (Å²) in [7, 11) is 0. The maximum Gasteiger partial charge on any atom is 0.240 e. The zero-order valence-corrected chi connectivity index (χ0v) is 12.5. The smallest absolute Gasteiger partial charge is 0.240 e. The number of carbonyl (C=O) groups excluding carboxylic acids is 1. The number of aromatic nitrogens is 2. The largest absolute Gasteiger partial charge is 0.331 e. The summed E-state index contributed by atoms with van der Waals surface area (Å²) in [5.74, 6) is -0.0116. The summed E-state index contributed by atoms with van der Waals surface area (Å²) in [5, 5.41) is 6.92. The van der Waals surface area contributed by atoms with Crippen LogP contribution in [0.3, 0.4) is 0 Å². The third-order valence-corrected chi connectivity index (χ3v) is 4.84. The van der Waals surface area contributed by atoms with Crippen molar-refractivity contribution in [2.45, 2.75) is 25.6 Å². The first-order valence-corrected chi connectivity index (χ1v) is 7.54. The van der Waals surface area contributed by atoms with Crippen molar-refractivity contribution in [3.05, 3.63) is 38.3 Å². The average Bonchev–Trinajstić information content (AvgIpc) is 3.03. The molecule has 100 valence electrons. The van der Waals surface area contributed by atoms with Crippen molar-refractivity contribution in [2.24, 2.45) is 5.73 Å². The number of hydrogen-bond donors (Lipinski definition) is 2. The summed E-state index contributed by atoms with van der Waals surface area (Å²) < 4.78 is 1.06. The Hall–Kier alpha value is -1.18. The molecule has 1 aliphatic heterocycles. The summed E-state index contributed by atoms with van der Waals surface area (Å²) in [6, 6.07) is 3.48. The van der Waals surface area contributed by atoms with E-state index in [0.717, 1.165) is 19.9 Å². The summed E-state index contributed by atoms with van der Waals surface area (Å²) in [6.07, 6.45) is 2.42. The van der Waals surface area contributed by atoms with E-state index in [9.17, 15) is 4.79 Å². The molecule has 0 bridgehead atoms. The van der Waals surface area contributed by atoms with E-state index < -0.39 is 6.04 Å². The highest BCUT2D eigenvalue weighted by Gasteiger charge is 2.28. The van der Waals surface area contributed by atoms with Crippen LogP contribution in [0.2, 0.25) is 0 Å². The van der Waals surface area contributed by atoms with Crippen LogP contribution in [-0.4, -0.2) is 27.0 Å². The minimum atomic E-state index is -0.487. The van der Waals surface area contributed by atoms with E-state index >= 15 is 0 Å². The monoisotopic (exact) mass is 340 g/mol. The molecule has 1 amide bonds. The molecule has 7 heteroatoms. The number of nitrogens with zero attached hydrogens (tertiary/aromatic N) is 2. The Labute approximate surface area is 122 Å². The normalized spacial score (nSPS) is 15.6. The lowest BCUT2D eigenvalue weighted by Crippen LogP contribution is -2.42. The summed E-state index contributed by atoms with van der Waals surface area (Å²) in [6.45, 7) is 1.16. The number of nitrogens with two attached hydrogens (primary N) is 1. The molecule has 0 aliphatic carbocycles. The van der Waals surface area contributed by atoms with E-state index in [4.69, 9.17) is 5.73 Å². The fourth-order valence-corrected chi connectivity index (χ4v) is 3.76. The van der Waals surface area contributed by atoms with E-state index in [2.05, 4.69) is 26.1 Å². The van der Waals surface area contributed by atoms with Crippen molar-refractivity contribution in [1.29, 1.82) is 0 Å². The fraction of sp³-hybridized carbons (Fsp3) is 0.333. The summed E-state index contributed by atoms with van der Waals surface area (Å²) >= 11 is 5.02. The van der Waals surface area contributed by atoms with Crippen LogP contribution in [-0.2, 0) is 24.3 Å². The van der Waals surface area contributed by atoms with Crippen LogP contribution in [0.4, 0.5) is 0 Å². The Morgan fingerprint density at radius 3 is 3.11 bits per heavy atom. The van der Waals surface area contributed by atoms with Crippen LogP contribution in [0.1, 0.15) is 16.1 Å². The first kappa shape index (κ1) is 12.8. The molecule has 19 heavy (non-hydrogen) atoms. The molecule has 0 spiro atoms. The van der Waals surface area contributed by atoms with E-state index in [1.807, 2.05) is 18.3 Å². The number of thiophene rings is 1. The molecule has 1 atom stereocenters. The molecule has 3 heterocycles. The fourth-order valence-electron chi connectivity index (χ4n) is 2.22. The second-order valence-electron chi connectivity index (χ2n) is 4.57. The van der Waals surface area contributed by atoms with E-state index in [1.54, 1.807) is 16.2 Å². The average molecular weight is 341 g/mol. The first-order valence-electron chi connectivity index (χ1n) is 5.93. The zero-order valence-electron chi connectivity index (χ0n) is 10.1. The van der Waals surface area contributed by atoms with Crippen molar-refractivity contribution < 1.29 is 4.79 Å². The van der Waals surface area contributed by atoms with Gasteiger partial charge in [0.2, 0.25) is 5.91 Å². The van der Waals surface area contributed by atoms with E-state index in [0.29, 0.717) is 19.5 Å². The minimum absolute atomic E-state index is 0.0116. The Morgan fingerprint density at radius 1 is 1.58 bits per heavy atom. The van der Waals surface area contributed by atoms with Crippen LogP contribution < -0.4 is 5.73 Å². The SMILES string of the molecule is N[C@H](Cc1ccc(Br)s1)C(=O)N1Cc2c[nH]nc2C1. The van der Waals surface area contributed by atoms with Crippen molar-refractivity contribution >= 4 is 33.2 Å². The number of amides is 1. The van der Waals surface area contributed by atoms with Gasteiger partial charge in [-0.25, -0.2) is 0 Å². The van der Waals surface area contributed by atoms with E-state index in [1.165, 1.54) is 0 Å². The molecule has 2 aromatic rings. The number of fused-ring (bicyclic) bond motifs is 1. The predicted octanol–water partition coefficient (Wildman–Crippen LogP) is 1.65. The lowest BCUT2D eigenvalue weighted by atomic mass is 10.1. The van der Waals surface area contributed by atoms with Crippen LogP contribution in [0, 0.1) is 0 Å². The Balaban J connectivity index is 1.63. The maximum atomic E-state index is 12.3. The first-order chi connectivity index (χ1) is 9.13. The van der Waals surface area contributed by atoms with Crippen molar-refractivity contribution in [2.75, 3.05) is 0 Å².